The van der Waals surface area contributed by atoms with Gasteiger partial charge in [-0.3, -0.25) is 4.79 Å². The molecule has 0 aliphatic heterocycles. The molecule has 0 fully saturated rings. The van der Waals surface area contributed by atoms with Gasteiger partial charge < -0.3 is 23.2 Å². The van der Waals surface area contributed by atoms with Crippen LogP contribution in [0.4, 0.5) is 0 Å². The molecule has 0 aliphatic carbocycles. The number of ketones is 1. The Morgan fingerprint density at radius 2 is 1.26 bits per heavy atom. The number of quaternary nitrogens is 1. The Bertz CT molecular complexity index is 473. The Labute approximate surface area is 219 Å². The maximum Gasteiger partial charge on any atom is 0.330 e. The topological polar surface area (TPSA) is 65.0 Å². The van der Waals surface area contributed by atoms with Gasteiger partial charge in [-0.05, 0) is 6.42 Å². The fraction of sp³-hybridized carbons (Fsp3) is 0.964. The number of carbonyl (C=O) groups excluding carboxylic acids is 1. The van der Waals surface area contributed by atoms with E-state index in [1.807, 2.05) is 6.92 Å². The van der Waals surface area contributed by atoms with Crippen molar-refractivity contribution in [3.8, 4) is 0 Å². The molecule has 35 heavy (non-hydrogen) atoms. The van der Waals surface area contributed by atoms with Crippen LogP contribution in [0, 0.1) is 5.92 Å². The van der Waals surface area contributed by atoms with Gasteiger partial charge in [0.2, 0.25) is 0 Å². The van der Waals surface area contributed by atoms with Crippen molar-refractivity contribution in [3.63, 3.8) is 0 Å². The first kappa shape index (κ1) is 34.9. The van der Waals surface area contributed by atoms with Crippen molar-refractivity contribution in [3.05, 3.63) is 0 Å². The fourth-order valence-electron chi connectivity index (χ4n) is 3.88. The average Bonchev–Trinajstić information content (AvgIpc) is 2.81. The van der Waals surface area contributed by atoms with Gasteiger partial charge in [0, 0.05) is 25.4 Å². The van der Waals surface area contributed by atoms with Crippen molar-refractivity contribution in [1.29, 1.82) is 0 Å². The van der Waals surface area contributed by atoms with Crippen molar-refractivity contribution in [1.82, 2.24) is 0 Å². The number of likely N-dealkylation sites (N-methyl/N-ethyl adjacent to an activating group) is 1. The van der Waals surface area contributed by atoms with E-state index >= 15 is 0 Å². The summed E-state index contributed by atoms with van der Waals surface area (Å²) in [4.78, 5) is 21.9. The lowest BCUT2D eigenvalue weighted by atomic mass is 10.0. The molecule has 7 heteroatoms. The van der Waals surface area contributed by atoms with Crippen LogP contribution in [0.1, 0.15) is 117 Å². The summed E-state index contributed by atoms with van der Waals surface area (Å²) in [7, 11) is 4.31. The van der Waals surface area contributed by atoms with E-state index in [1.165, 1.54) is 83.5 Å². The molecular weight excluding hydrogens is 461 g/mol. The predicted octanol–water partition coefficient (Wildman–Crippen LogP) is 7.43. The maximum atomic E-state index is 11.9. The summed E-state index contributed by atoms with van der Waals surface area (Å²) in [5.41, 5.74) is 0. The summed E-state index contributed by atoms with van der Waals surface area (Å²) in [6.45, 7) is 6.90. The van der Waals surface area contributed by atoms with E-state index in [0.29, 0.717) is 26.1 Å². The summed E-state index contributed by atoms with van der Waals surface area (Å²) in [5.74, 6) is 0.167. The zero-order chi connectivity index (χ0) is 26.2. The van der Waals surface area contributed by atoms with Crippen LogP contribution in [0.5, 0.6) is 0 Å². The number of carbonyl (C=O) groups is 1. The van der Waals surface area contributed by atoms with Crippen LogP contribution in [0.25, 0.3) is 0 Å². The number of Topliss-reactive ketones (excluding diaryl/α,β-unsaturated/α-hetero) is 1. The molecule has 2 unspecified atom stereocenters. The number of unbranched alkanes of at least 4 members (excludes halogenated alkanes) is 13. The van der Waals surface area contributed by atoms with E-state index in [2.05, 4.69) is 28.1 Å². The molecule has 0 aromatic heterocycles. The van der Waals surface area contributed by atoms with Crippen molar-refractivity contribution >= 4 is 14.4 Å². The van der Waals surface area contributed by atoms with E-state index in [0.717, 1.165) is 24.1 Å². The second kappa shape index (κ2) is 24.2. The molecule has 0 bridgehead atoms. The van der Waals surface area contributed by atoms with Gasteiger partial charge in [-0.15, -0.1) is 0 Å². The minimum absolute atomic E-state index is 0.0340. The van der Waals surface area contributed by atoms with Crippen LogP contribution >= 0.6 is 8.60 Å². The Morgan fingerprint density at radius 1 is 0.743 bits per heavy atom. The Hall–Kier alpha value is -0.100. The van der Waals surface area contributed by atoms with E-state index in [9.17, 15) is 9.69 Å². The van der Waals surface area contributed by atoms with Crippen LogP contribution in [0.15, 0.2) is 0 Å². The first-order valence-electron chi connectivity index (χ1n) is 14.4. The van der Waals surface area contributed by atoms with Gasteiger partial charge >= 0.3 is 8.60 Å². The normalized spacial score (nSPS) is 13.8. The largest absolute Gasteiger partial charge is 0.381 e. The number of nitrogens with zero attached hydrogens (tertiary/aromatic N) is 1. The lowest BCUT2D eigenvalue weighted by molar-refractivity contribution is -0.870. The maximum absolute atomic E-state index is 11.9. The summed E-state index contributed by atoms with van der Waals surface area (Å²) in [6, 6.07) is 0. The van der Waals surface area contributed by atoms with Gasteiger partial charge in [-0.25, -0.2) is 0 Å². The SMILES string of the molecule is CCCCCCCCCCCCCCCCOCC(COP(O)OCC[N+](C)(C)C)CC(=O)CC. The molecule has 0 radical (unpaired) electrons. The Morgan fingerprint density at radius 3 is 1.74 bits per heavy atom. The van der Waals surface area contributed by atoms with Gasteiger partial charge in [-0.2, -0.15) is 0 Å². The zero-order valence-electron chi connectivity index (χ0n) is 23.9. The van der Waals surface area contributed by atoms with Crippen LogP contribution in [-0.4, -0.2) is 69.3 Å². The zero-order valence-corrected chi connectivity index (χ0v) is 24.8. The molecule has 0 amide bonds. The standard InChI is InChI=1S/C28H59NO5P/c1-6-8-9-10-11-12-13-14-15-16-17-18-19-20-22-32-25-27(24-28(30)7-2)26-34-35(31)33-23-21-29(3,4)5/h27,31H,6-26H2,1-5H3/q+1. The highest BCUT2D eigenvalue weighted by Gasteiger charge is 2.18. The molecule has 210 valence electrons. The quantitative estimate of drug-likeness (QED) is 0.0693. The first-order valence-corrected chi connectivity index (χ1v) is 15.6. The Kier molecular flexibility index (Phi) is 24.2. The predicted molar refractivity (Wildman–Crippen MR) is 148 cm³/mol. The van der Waals surface area contributed by atoms with Crippen LogP contribution in [0.2, 0.25) is 0 Å². The van der Waals surface area contributed by atoms with Gasteiger partial charge in [0.05, 0.1) is 34.4 Å². The van der Waals surface area contributed by atoms with Crippen molar-refractivity contribution < 1.29 is 28.0 Å². The summed E-state index contributed by atoms with van der Waals surface area (Å²) < 4.78 is 17.5. The molecule has 0 aromatic carbocycles. The third-order valence-corrected chi connectivity index (χ3v) is 7.06. The molecule has 6 nitrogen and oxygen atoms in total. The molecule has 0 saturated heterocycles. The monoisotopic (exact) mass is 520 g/mol. The van der Waals surface area contributed by atoms with Gasteiger partial charge in [-0.1, -0.05) is 97.3 Å². The van der Waals surface area contributed by atoms with E-state index < -0.39 is 8.60 Å². The Balaban J connectivity index is 3.74. The second-order valence-corrected chi connectivity index (χ2v) is 12.0. The molecule has 0 rings (SSSR count). The second-order valence-electron chi connectivity index (χ2n) is 11.0. The third kappa shape index (κ3) is 26.8. The van der Waals surface area contributed by atoms with Crippen molar-refractivity contribution in [2.45, 2.75) is 117 Å². The first-order chi connectivity index (χ1) is 16.8. The van der Waals surface area contributed by atoms with Crippen molar-refractivity contribution in [2.24, 2.45) is 5.92 Å². The molecular formula is C28H59NO5P+. The average molecular weight is 521 g/mol. The van der Waals surface area contributed by atoms with Gasteiger partial charge in [0.15, 0.2) is 0 Å². The molecule has 1 N–H and O–H groups in total. The van der Waals surface area contributed by atoms with Crippen LogP contribution < -0.4 is 0 Å². The number of hydrogen-bond donors (Lipinski definition) is 1. The molecule has 0 aliphatic rings. The minimum atomic E-state index is -1.91. The van der Waals surface area contributed by atoms with E-state index in [1.54, 1.807) is 0 Å². The minimum Gasteiger partial charge on any atom is -0.381 e. The highest BCUT2D eigenvalue weighted by Crippen LogP contribution is 2.33. The van der Waals surface area contributed by atoms with Crippen LogP contribution in [-0.2, 0) is 18.6 Å². The smallest absolute Gasteiger partial charge is 0.330 e. The van der Waals surface area contributed by atoms with Crippen molar-refractivity contribution in [2.75, 3.05) is 54.1 Å². The molecule has 0 saturated carbocycles. The van der Waals surface area contributed by atoms with Crippen LogP contribution in [0.3, 0.4) is 0 Å². The molecule has 0 spiro atoms. The molecule has 0 aromatic rings. The number of rotatable bonds is 27. The lowest BCUT2D eigenvalue weighted by Gasteiger charge is -2.24. The highest BCUT2D eigenvalue weighted by molar-refractivity contribution is 7.40. The summed E-state index contributed by atoms with van der Waals surface area (Å²) >= 11 is 0. The number of hydrogen-bond acceptors (Lipinski definition) is 5. The van der Waals surface area contributed by atoms with Gasteiger partial charge in [0.25, 0.3) is 0 Å². The molecule has 2 atom stereocenters. The highest BCUT2D eigenvalue weighted by atomic mass is 31.2. The fourth-order valence-corrected chi connectivity index (χ4v) is 4.53. The van der Waals surface area contributed by atoms with Gasteiger partial charge in [0.1, 0.15) is 18.9 Å². The molecule has 0 heterocycles. The third-order valence-electron chi connectivity index (χ3n) is 6.29. The number of ether oxygens (including phenoxy) is 1. The summed E-state index contributed by atoms with van der Waals surface area (Å²) in [6.07, 6.45) is 19.8. The summed E-state index contributed by atoms with van der Waals surface area (Å²) in [5, 5.41) is 0. The van der Waals surface area contributed by atoms with E-state index in [4.69, 9.17) is 13.8 Å². The van der Waals surface area contributed by atoms with E-state index in [-0.39, 0.29) is 18.3 Å². The lowest BCUT2D eigenvalue weighted by Crippen LogP contribution is -2.37.